The first-order chi connectivity index (χ1) is 27.2. The minimum atomic E-state index is 0. The van der Waals surface area contributed by atoms with Crippen LogP contribution in [0.1, 0.15) is 138 Å². The quantitative estimate of drug-likeness (QED) is 0.0655. The first-order valence-electron chi connectivity index (χ1n) is 22.0. The van der Waals surface area contributed by atoms with Crippen LogP contribution < -0.4 is 29.6 Å². The van der Waals surface area contributed by atoms with Gasteiger partial charge in [0.2, 0.25) is 0 Å². The number of thiocarbonyl (C=S) groups is 5. The molecule has 0 aromatic rings. The SMILES string of the molecule is CC(C)CN(CC(C)C)C(=S)[S-].CC(C)CN(CC(C)C)C(=S)[S-].CC(C)CN(CC(C)C)C(=S)[S-].CC(C)CN(CC(C)C)C(=S)[S-].CC(C)CN(CC(C)C)C(=S)[S-].[Na+].[Th+4]. The van der Waals surface area contributed by atoms with Gasteiger partial charge in [-0.1, -0.05) is 160 Å². The van der Waals surface area contributed by atoms with Crippen molar-refractivity contribution >= 4 is 146 Å². The topological polar surface area (TPSA) is 16.2 Å². The fraction of sp³-hybridized carbons (Fsp3) is 0.889. The summed E-state index contributed by atoms with van der Waals surface area (Å²) in [5.74, 6) is 6.29. The molecule has 0 aromatic carbocycles. The van der Waals surface area contributed by atoms with Crippen LogP contribution in [0.25, 0.3) is 0 Å². The van der Waals surface area contributed by atoms with Crippen LogP contribution >= 0.6 is 61.1 Å². The zero-order valence-electron chi connectivity index (χ0n) is 43.2. The van der Waals surface area contributed by atoms with E-state index in [0.717, 1.165) is 65.4 Å². The summed E-state index contributed by atoms with van der Waals surface area (Å²) in [5.41, 5.74) is 0. The summed E-state index contributed by atoms with van der Waals surface area (Å²) in [4.78, 5) is 10.6. The molecule has 0 aliphatic rings. The second-order valence-corrected chi connectivity index (χ2v) is 25.0. The maximum absolute atomic E-state index is 4.99. The van der Waals surface area contributed by atoms with Crippen molar-refractivity contribution in [1.82, 2.24) is 24.5 Å². The Bertz CT molecular complexity index is 879. The molecule has 0 rings (SSSR count). The van der Waals surface area contributed by atoms with E-state index in [9.17, 15) is 0 Å². The summed E-state index contributed by atoms with van der Waals surface area (Å²) in [6, 6.07) is 0. The Labute approximate surface area is 496 Å². The van der Waals surface area contributed by atoms with Crippen LogP contribution in [-0.2, 0) is 63.1 Å². The van der Waals surface area contributed by atoms with E-state index in [-0.39, 0.29) is 69.5 Å². The zero-order chi connectivity index (χ0) is 48.6. The van der Waals surface area contributed by atoms with E-state index in [4.69, 9.17) is 124 Å². The Morgan fingerprint density at radius 3 is 0.355 bits per heavy atom. The van der Waals surface area contributed by atoms with E-state index in [1.54, 1.807) is 0 Å². The molecule has 62 heavy (non-hydrogen) atoms. The summed E-state index contributed by atoms with van der Waals surface area (Å²) >= 11 is 49.9. The second kappa shape index (κ2) is 47.5. The van der Waals surface area contributed by atoms with Crippen molar-refractivity contribution < 1.29 is 69.5 Å². The predicted molar refractivity (Wildman–Crippen MR) is 306 cm³/mol. The molecule has 0 radical (unpaired) electrons. The van der Waals surface area contributed by atoms with Crippen LogP contribution in [-0.4, -0.2) is 112 Å². The molecule has 0 bridgehead atoms. The van der Waals surface area contributed by atoms with Gasteiger partial charge in [-0.2, -0.15) is 0 Å². The van der Waals surface area contributed by atoms with Crippen LogP contribution in [0.15, 0.2) is 0 Å². The van der Waals surface area contributed by atoms with Gasteiger partial charge in [-0.3, -0.25) is 0 Å². The van der Waals surface area contributed by atoms with Gasteiger partial charge < -0.3 is 149 Å². The zero-order valence-corrected chi connectivity index (χ0v) is 57.4. The first-order valence-corrected chi connectivity index (χ1v) is 26.0. The van der Waals surface area contributed by atoms with Crippen molar-refractivity contribution in [3.05, 3.63) is 0 Å². The molecule has 0 aliphatic heterocycles. The summed E-state index contributed by atoms with van der Waals surface area (Å²) in [6.07, 6.45) is 0. The summed E-state index contributed by atoms with van der Waals surface area (Å²) < 4.78 is 3.04. The number of nitrogens with zero attached hydrogens (tertiary/aromatic N) is 5. The normalized spacial score (nSPS) is 10.5. The van der Waals surface area contributed by atoms with E-state index >= 15 is 0 Å². The summed E-state index contributed by atoms with van der Waals surface area (Å²) in [6.45, 7) is 53.5. The smallest absolute Gasteiger partial charge is 0.411 e. The van der Waals surface area contributed by atoms with Gasteiger partial charge in [-0.25, -0.2) is 0 Å². The maximum atomic E-state index is 4.99. The largest absolute Gasteiger partial charge is 4.00 e. The standard InChI is InChI=1S/5C9H19NS2.Na.Th/c5*1-7(2)5-10(9(11)12)6-8(3)4;;/h5*7-8H,5-6H2,1-4H3,(H,11,12);;/q;;;;;+1;+4/p-5. The van der Waals surface area contributed by atoms with E-state index in [1.807, 2.05) is 0 Å². The van der Waals surface area contributed by atoms with Crippen molar-refractivity contribution in [2.45, 2.75) is 138 Å². The molecule has 0 aromatic heterocycles. The fourth-order valence-corrected chi connectivity index (χ4v) is 7.02. The van der Waals surface area contributed by atoms with Gasteiger partial charge in [0.15, 0.2) is 0 Å². The second-order valence-electron chi connectivity index (χ2n) is 19.8. The van der Waals surface area contributed by atoms with Gasteiger partial charge in [-0.15, -0.1) is 0 Å². The third kappa shape index (κ3) is 60.9. The van der Waals surface area contributed by atoms with Gasteiger partial charge in [-0.05, 0) is 59.2 Å². The molecule has 0 saturated carbocycles. The van der Waals surface area contributed by atoms with Crippen molar-refractivity contribution in [3.63, 3.8) is 0 Å². The Morgan fingerprint density at radius 2 is 0.323 bits per heavy atom. The molecule has 0 fully saturated rings. The summed E-state index contributed by atoms with van der Waals surface area (Å²) in [5, 5.41) is 0. The average molecular weight is 1280 g/mol. The van der Waals surface area contributed by atoms with Crippen molar-refractivity contribution in [3.8, 4) is 0 Å². The molecule has 0 saturated heterocycles. The molecule has 0 spiro atoms. The van der Waals surface area contributed by atoms with Gasteiger partial charge in [0.05, 0.1) is 0 Å². The number of hydrogen-bond acceptors (Lipinski definition) is 10. The molecule has 5 nitrogen and oxygen atoms in total. The molecule has 0 unspecified atom stereocenters. The molecule has 0 aliphatic carbocycles. The molecule has 0 atom stereocenters. The Kier molecular flexibility index (Phi) is 60.6. The molecule has 17 heteroatoms. The third-order valence-electron chi connectivity index (χ3n) is 7.15. The third-order valence-corrected chi connectivity index (χ3v) is 9.73. The van der Waals surface area contributed by atoms with Crippen LogP contribution in [0.2, 0.25) is 0 Å². The number of rotatable bonds is 20. The van der Waals surface area contributed by atoms with Crippen LogP contribution in [0.4, 0.5) is 0 Å². The predicted octanol–water partition coefficient (Wildman–Crippen LogP) is 9.17. The van der Waals surface area contributed by atoms with Crippen LogP contribution in [0.5, 0.6) is 0 Å². The maximum Gasteiger partial charge on any atom is 4.00 e. The molecule has 0 heterocycles. The minimum absolute atomic E-state index is 0. The van der Waals surface area contributed by atoms with Crippen molar-refractivity contribution in [2.24, 2.45) is 59.2 Å². The summed E-state index contributed by atoms with van der Waals surface area (Å²) in [7, 11) is 0. The van der Waals surface area contributed by atoms with E-state index in [1.165, 1.54) is 0 Å². The fourth-order valence-electron chi connectivity index (χ4n) is 5.53. The molecular weight excluding hydrogens is 1190 g/mol. The number of hydrogen-bond donors (Lipinski definition) is 0. The van der Waals surface area contributed by atoms with Gasteiger partial charge in [0, 0.05) is 65.4 Å². The molecule has 360 valence electrons. The Morgan fingerprint density at radius 1 is 0.258 bits per heavy atom. The van der Waals surface area contributed by atoms with E-state index in [0.29, 0.717) is 80.8 Å². The van der Waals surface area contributed by atoms with Gasteiger partial charge in [0.1, 0.15) is 0 Å². The van der Waals surface area contributed by atoms with E-state index in [2.05, 4.69) is 163 Å². The van der Waals surface area contributed by atoms with Gasteiger partial charge in [0.25, 0.3) is 0 Å². The Balaban J connectivity index is -0.000000121. The average Bonchev–Trinajstić information content (AvgIpc) is 3.02. The van der Waals surface area contributed by atoms with Crippen LogP contribution in [0, 0.1) is 99.1 Å². The first kappa shape index (κ1) is 79.0. The van der Waals surface area contributed by atoms with Crippen molar-refractivity contribution in [1.29, 1.82) is 0 Å². The molecule has 0 amide bonds. The molecule has 0 N–H and O–H groups in total. The van der Waals surface area contributed by atoms with Crippen LogP contribution in [0.3, 0.4) is 0 Å². The van der Waals surface area contributed by atoms with E-state index < -0.39 is 0 Å². The minimum Gasteiger partial charge on any atom is -0.411 e. The Hall–Kier alpha value is 2.87. The monoisotopic (exact) mass is 1280 g/mol. The van der Waals surface area contributed by atoms with Crippen molar-refractivity contribution in [2.75, 3.05) is 65.4 Å². The molecular formula is C45H90N5NaS10Th. The van der Waals surface area contributed by atoms with Gasteiger partial charge >= 0.3 is 69.5 Å².